The van der Waals surface area contributed by atoms with Gasteiger partial charge in [0.25, 0.3) is 0 Å². The van der Waals surface area contributed by atoms with E-state index >= 15 is 0 Å². The smallest absolute Gasteiger partial charge is 0.222 e. The summed E-state index contributed by atoms with van der Waals surface area (Å²) < 4.78 is 0. The molecule has 0 aromatic heterocycles. The lowest BCUT2D eigenvalue weighted by Crippen LogP contribution is -2.28. The van der Waals surface area contributed by atoms with Crippen LogP contribution < -0.4 is 4.90 Å². The molecule has 4 rings (SSSR count). The molecule has 2 aliphatic rings. The van der Waals surface area contributed by atoms with Crippen molar-refractivity contribution in [3.63, 3.8) is 0 Å². The van der Waals surface area contributed by atoms with Gasteiger partial charge in [-0.15, -0.1) is 6.42 Å². The Morgan fingerprint density at radius 2 is 1.88 bits per heavy atom. The molecule has 0 saturated carbocycles. The number of fused-ring (bicyclic) bond motifs is 1. The minimum atomic E-state index is 0.321. The first-order valence-electron chi connectivity index (χ1n) is 9.42. The van der Waals surface area contributed by atoms with Crippen molar-refractivity contribution in [2.75, 3.05) is 24.5 Å². The summed E-state index contributed by atoms with van der Waals surface area (Å²) in [5, 5.41) is 0. The predicted octanol–water partition coefficient (Wildman–Crippen LogP) is 3.78. The third kappa shape index (κ3) is 3.32. The van der Waals surface area contributed by atoms with Crippen LogP contribution in [-0.2, 0) is 11.3 Å². The van der Waals surface area contributed by atoms with Crippen molar-refractivity contribution in [3.8, 4) is 12.3 Å². The lowest BCUT2D eigenvalue weighted by molar-refractivity contribution is -0.127. The van der Waals surface area contributed by atoms with Crippen molar-refractivity contribution in [2.45, 2.75) is 31.7 Å². The van der Waals surface area contributed by atoms with E-state index in [0.29, 0.717) is 11.8 Å². The molecule has 132 valence electrons. The van der Waals surface area contributed by atoms with Crippen molar-refractivity contribution in [3.05, 3.63) is 65.2 Å². The van der Waals surface area contributed by atoms with E-state index in [1.165, 1.54) is 16.8 Å². The van der Waals surface area contributed by atoms with Gasteiger partial charge in [-0.05, 0) is 42.2 Å². The highest BCUT2D eigenvalue weighted by Crippen LogP contribution is 2.39. The van der Waals surface area contributed by atoms with E-state index in [1.54, 1.807) is 0 Å². The molecule has 0 bridgehead atoms. The van der Waals surface area contributed by atoms with Gasteiger partial charge >= 0.3 is 0 Å². The fourth-order valence-corrected chi connectivity index (χ4v) is 4.16. The molecule has 0 radical (unpaired) electrons. The second-order valence-corrected chi connectivity index (χ2v) is 7.25. The van der Waals surface area contributed by atoms with Gasteiger partial charge in [0.05, 0.1) is 0 Å². The van der Waals surface area contributed by atoms with Crippen LogP contribution in [0, 0.1) is 12.3 Å². The summed E-state index contributed by atoms with van der Waals surface area (Å²) >= 11 is 0. The zero-order valence-electron chi connectivity index (χ0n) is 15.0. The highest BCUT2D eigenvalue weighted by Gasteiger charge is 2.29. The quantitative estimate of drug-likeness (QED) is 0.771. The lowest BCUT2D eigenvalue weighted by Gasteiger charge is -2.21. The number of nitrogens with zero attached hydrogens (tertiary/aromatic N) is 2. The summed E-state index contributed by atoms with van der Waals surface area (Å²) in [6.45, 7) is 3.71. The van der Waals surface area contributed by atoms with Gasteiger partial charge in [-0.25, -0.2) is 0 Å². The zero-order chi connectivity index (χ0) is 17.9. The Bertz CT molecular complexity index is 834. The maximum Gasteiger partial charge on any atom is 0.222 e. The third-order valence-electron chi connectivity index (χ3n) is 5.57. The topological polar surface area (TPSA) is 23.6 Å². The SMILES string of the molecule is C#Cc1ccc(CN2CC(CCN3CCCC3=O)c3ccccc32)cc1. The number of terminal acetylenes is 1. The highest BCUT2D eigenvalue weighted by molar-refractivity contribution is 5.78. The lowest BCUT2D eigenvalue weighted by atomic mass is 9.98. The van der Waals surface area contributed by atoms with Crippen LogP contribution in [-0.4, -0.2) is 30.4 Å². The number of hydrogen-bond donors (Lipinski definition) is 0. The molecular weight excluding hydrogens is 320 g/mol. The van der Waals surface area contributed by atoms with Gasteiger partial charge < -0.3 is 9.80 Å². The minimum absolute atomic E-state index is 0.321. The van der Waals surface area contributed by atoms with Crippen LogP contribution in [0.25, 0.3) is 0 Å². The minimum Gasteiger partial charge on any atom is -0.366 e. The first kappa shape index (κ1) is 16.7. The Balaban J connectivity index is 1.47. The molecule has 1 amide bonds. The van der Waals surface area contributed by atoms with E-state index < -0.39 is 0 Å². The molecule has 1 atom stereocenters. The van der Waals surface area contributed by atoms with Crippen LogP contribution in [0.4, 0.5) is 5.69 Å². The van der Waals surface area contributed by atoms with E-state index in [9.17, 15) is 4.79 Å². The van der Waals surface area contributed by atoms with Gasteiger partial charge in [-0.3, -0.25) is 4.79 Å². The molecule has 0 N–H and O–H groups in total. The van der Waals surface area contributed by atoms with Gasteiger partial charge in [0, 0.05) is 49.8 Å². The number of rotatable bonds is 5. The number of carbonyl (C=O) groups excluding carboxylic acids is 1. The van der Waals surface area contributed by atoms with E-state index in [0.717, 1.165) is 51.0 Å². The highest BCUT2D eigenvalue weighted by atomic mass is 16.2. The molecule has 1 unspecified atom stereocenters. The van der Waals surface area contributed by atoms with E-state index in [-0.39, 0.29) is 0 Å². The number of likely N-dealkylation sites (tertiary alicyclic amines) is 1. The molecule has 0 spiro atoms. The normalized spacial score (nSPS) is 18.9. The summed E-state index contributed by atoms with van der Waals surface area (Å²) in [5.74, 6) is 3.48. The fraction of sp³-hybridized carbons (Fsp3) is 0.348. The van der Waals surface area contributed by atoms with Gasteiger partial charge in [0.15, 0.2) is 0 Å². The summed E-state index contributed by atoms with van der Waals surface area (Å²) in [5.41, 5.74) is 4.93. The predicted molar refractivity (Wildman–Crippen MR) is 105 cm³/mol. The molecule has 1 saturated heterocycles. The summed E-state index contributed by atoms with van der Waals surface area (Å²) in [6, 6.07) is 16.9. The number of para-hydroxylation sites is 1. The summed E-state index contributed by atoms with van der Waals surface area (Å²) in [6.07, 6.45) is 8.23. The summed E-state index contributed by atoms with van der Waals surface area (Å²) in [7, 11) is 0. The average Bonchev–Trinajstić information content (AvgIpc) is 3.24. The zero-order valence-corrected chi connectivity index (χ0v) is 15.0. The van der Waals surface area contributed by atoms with Crippen molar-refractivity contribution >= 4 is 11.6 Å². The van der Waals surface area contributed by atoms with Crippen molar-refractivity contribution in [1.29, 1.82) is 0 Å². The van der Waals surface area contributed by atoms with Crippen LogP contribution in [0.2, 0.25) is 0 Å². The van der Waals surface area contributed by atoms with Crippen LogP contribution in [0.3, 0.4) is 0 Å². The van der Waals surface area contributed by atoms with Crippen LogP contribution in [0.1, 0.15) is 41.9 Å². The molecule has 2 heterocycles. The van der Waals surface area contributed by atoms with E-state index in [4.69, 9.17) is 6.42 Å². The monoisotopic (exact) mass is 344 g/mol. The molecule has 3 nitrogen and oxygen atoms in total. The summed E-state index contributed by atoms with van der Waals surface area (Å²) in [4.78, 5) is 16.4. The molecule has 3 heteroatoms. The fourth-order valence-electron chi connectivity index (χ4n) is 4.16. The van der Waals surface area contributed by atoms with Crippen LogP contribution in [0.5, 0.6) is 0 Å². The third-order valence-corrected chi connectivity index (χ3v) is 5.57. The number of amides is 1. The average molecular weight is 344 g/mol. The Morgan fingerprint density at radius 1 is 1.08 bits per heavy atom. The molecule has 2 aromatic carbocycles. The molecule has 2 aromatic rings. The molecular formula is C23H24N2O. The van der Waals surface area contributed by atoms with Crippen molar-refractivity contribution in [1.82, 2.24) is 4.90 Å². The van der Waals surface area contributed by atoms with E-state index in [1.807, 2.05) is 17.0 Å². The maximum absolute atomic E-state index is 11.9. The Morgan fingerprint density at radius 3 is 2.62 bits per heavy atom. The molecule has 1 fully saturated rings. The van der Waals surface area contributed by atoms with Crippen molar-refractivity contribution < 1.29 is 4.79 Å². The molecule has 26 heavy (non-hydrogen) atoms. The Kier molecular flexibility index (Phi) is 4.67. The van der Waals surface area contributed by atoms with Gasteiger partial charge in [0.1, 0.15) is 0 Å². The Labute approximate surface area is 155 Å². The maximum atomic E-state index is 11.9. The largest absolute Gasteiger partial charge is 0.366 e. The number of benzene rings is 2. The van der Waals surface area contributed by atoms with Crippen LogP contribution in [0.15, 0.2) is 48.5 Å². The first-order chi connectivity index (χ1) is 12.7. The molecule has 0 aliphatic carbocycles. The second-order valence-electron chi connectivity index (χ2n) is 7.25. The van der Waals surface area contributed by atoms with Gasteiger partial charge in [0.2, 0.25) is 5.91 Å². The number of hydrogen-bond acceptors (Lipinski definition) is 2. The second kappa shape index (κ2) is 7.25. The van der Waals surface area contributed by atoms with Crippen LogP contribution >= 0.6 is 0 Å². The number of carbonyl (C=O) groups is 1. The Hall–Kier alpha value is -2.73. The van der Waals surface area contributed by atoms with E-state index in [2.05, 4.69) is 47.2 Å². The van der Waals surface area contributed by atoms with Gasteiger partial charge in [-0.2, -0.15) is 0 Å². The van der Waals surface area contributed by atoms with Gasteiger partial charge in [-0.1, -0.05) is 36.3 Å². The standard InChI is InChI=1S/C23H24N2O/c1-2-18-9-11-19(12-10-18)16-25-17-20(21-6-3-4-7-22(21)25)13-15-24-14-5-8-23(24)26/h1,3-4,6-7,9-12,20H,5,8,13-17H2. The molecule has 2 aliphatic heterocycles. The first-order valence-corrected chi connectivity index (χ1v) is 9.42. The number of anilines is 1. The van der Waals surface area contributed by atoms with Crippen molar-refractivity contribution in [2.24, 2.45) is 0 Å².